The summed E-state index contributed by atoms with van der Waals surface area (Å²) in [6, 6.07) is 11.5. The van der Waals surface area contributed by atoms with Gasteiger partial charge in [-0.1, -0.05) is 30.3 Å². The van der Waals surface area contributed by atoms with Gasteiger partial charge in [-0.15, -0.1) is 0 Å². The molecule has 0 unspecified atom stereocenters. The molecule has 24 heavy (non-hydrogen) atoms. The lowest BCUT2D eigenvalue weighted by atomic mass is 9.83. The van der Waals surface area contributed by atoms with Gasteiger partial charge in [-0.3, -0.25) is 9.80 Å². The number of hydrogen-bond donors (Lipinski definition) is 1. The lowest BCUT2D eigenvalue weighted by Gasteiger charge is -2.51. The Morgan fingerprint density at radius 2 is 1.71 bits per heavy atom. The van der Waals surface area contributed by atoms with Crippen LogP contribution in [0.2, 0.25) is 0 Å². The molecule has 0 spiro atoms. The van der Waals surface area contributed by atoms with Crippen molar-refractivity contribution in [1.29, 1.82) is 0 Å². The van der Waals surface area contributed by atoms with Gasteiger partial charge in [0.2, 0.25) is 0 Å². The predicted molar refractivity (Wildman–Crippen MR) is 101 cm³/mol. The third-order valence-corrected chi connectivity index (χ3v) is 6.40. The zero-order valence-electron chi connectivity index (χ0n) is 15.5. The van der Waals surface area contributed by atoms with Crippen LogP contribution in [0.25, 0.3) is 0 Å². The Labute approximate surface area is 147 Å². The maximum Gasteiger partial charge on any atom is 0.0355 e. The third kappa shape index (κ3) is 3.99. The second-order valence-corrected chi connectivity index (χ2v) is 7.84. The maximum atomic E-state index is 6.30. The molecule has 4 heteroatoms. The Bertz CT molecular complexity index is 488. The van der Waals surface area contributed by atoms with Gasteiger partial charge in [0.15, 0.2) is 0 Å². The van der Waals surface area contributed by atoms with Crippen molar-refractivity contribution < 1.29 is 0 Å². The molecule has 2 aliphatic rings. The molecular weight excluding hydrogens is 296 g/mol. The monoisotopic (exact) mass is 330 g/mol. The first-order chi connectivity index (χ1) is 11.6. The summed E-state index contributed by atoms with van der Waals surface area (Å²) in [7, 11) is 4.56. The van der Waals surface area contributed by atoms with Gasteiger partial charge in [-0.25, -0.2) is 0 Å². The summed E-state index contributed by atoms with van der Waals surface area (Å²) in [4.78, 5) is 7.69. The molecule has 2 saturated heterocycles. The van der Waals surface area contributed by atoms with E-state index in [1.165, 1.54) is 44.3 Å². The van der Waals surface area contributed by atoms with Gasteiger partial charge in [-0.05, 0) is 58.4 Å². The Hall–Kier alpha value is -0.940. The van der Waals surface area contributed by atoms with E-state index in [0.717, 1.165) is 26.2 Å². The van der Waals surface area contributed by atoms with E-state index in [4.69, 9.17) is 5.73 Å². The zero-order chi connectivity index (χ0) is 17.0. The Morgan fingerprint density at radius 1 is 1.08 bits per heavy atom. The van der Waals surface area contributed by atoms with Gasteiger partial charge in [0.1, 0.15) is 0 Å². The highest BCUT2D eigenvalue weighted by atomic mass is 15.3. The van der Waals surface area contributed by atoms with Crippen LogP contribution in [-0.2, 0) is 6.54 Å². The molecule has 0 aromatic heterocycles. The van der Waals surface area contributed by atoms with Crippen LogP contribution in [0.3, 0.4) is 0 Å². The minimum atomic E-state index is 0.202. The van der Waals surface area contributed by atoms with Crippen molar-refractivity contribution in [3.8, 4) is 0 Å². The first-order valence-corrected chi connectivity index (χ1v) is 9.51. The van der Waals surface area contributed by atoms with Gasteiger partial charge in [-0.2, -0.15) is 0 Å². The molecule has 0 amide bonds. The van der Waals surface area contributed by atoms with E-state index in [2.05, 4.69) is 59.1 Å². The summed E-state index contributed by atoms with van der Waals surface area (Å²) in [5.41, 5.74) is 7.92. The Kier molecular flexibility index (Phi) is 5.93. The van der Waals surface area contributed by atoms with Crippen LogP contribution in [0.15, 0.2) is 30.3 Å². The van der Waals surface area contributed by atoms with Crippen molar-refractivity contribution in [3.05, 3.63) is 35.9 Å². The van der Waals surface area contributed by atoms with Gasteiger partial charge < -0.3 is 10.6 Å². The summed E-state index contributed by atoms with van der Waals surface area (Å²) in [5, 5.41) is 0. The van der Waals surface area contributed by atoms with Crippen molar-refractivity contribution >= 4 is 0 Å². The molecule has 0 saturated carbocycles. The van der Waals surface area contributed by atoms with Crippen LogP contribution < -0.4 is 5.73 Å². The number of hydrogen-bond acceptors (Lipinski definition) is 4. The van der Waals surface area contributed by atoms with Gasteiger partial charge in [0, 0.05) is 37.8 Å². The van der Waals surface area contributed by atoms with Crippen LogP contribution in [0.1, 0.15) is 31.2 Å². The molecular formula is C20H34N4. The second-order valence-electron chi connectivity index (χ2n) is 7.84. The van der Waals surface area contributed by atoms with E-state index in [1.807, 2.05) is 0 Å². The van der Waals surface area contributed by atoms with E-state index in [9.17, 15) is 0 Å². The SMILES string of the molecule is CN1CCC(N(C)C2(CN)CCN(Cc3ccccc3)CC2)CC1. The molecule has 1 aromatic rings. The maximum absolute atomic E-state index is 6.30. The largest absolute Gasteiger partial charge is 0.329 e. The van der Waals surface area contributed by atoms with E-state index in [0.29, 0.717) is 6.04 Å². The fraction of sp³-hybridized carbons (Fsp3) is 0.700. The summed E-state index contributed by atoms with van der Waals surface area (Å²) < 4.78 is 0. The first kappa shape index (κ1) is 17.9. The van der Waals surface area contributed by atoms with E-state index < -0.39 is 0 Å². The van der Waals surface area contributed by atoms with E-state index in [1.54, 1.807) is 0 Å². The Morgan fingerprint density at radius 3 is 2.29 bits per heavy atom. The highest BCUT2D eigenvalue weighted by Crippen LogP contribution is 2.32. The number of benzene rings is 1. The fourth-order valence-corrected chi connectivity index (χ4v) is 4.44. The first-order valence-electron chi connectivity index (χ1n) is 9.51. The summed E-state index contributed by atoms with van der Waals surface area (Å²) in [6.45, 7) is 6.60. The third-order valence-electron chi connectivity index (χ3n) is 6.40. The molecule has 1 aromatic carbocycles. The lowest BCUT2D eigenvalue weighted by Crippen LogP contribution is -2.61. The lowest BCUT2D eigenvalue weighted by molar-refractivity contribution is -0.00298. The molecule has 2 fully saturated rings. The second kappa shape index (κ2) is 7.96. The van der Waals surface area contributed by atoms with E-state index >= 15 is 0 Å². The average molecular weight is 331 g/mol. The van der Waals surface area contributed by atoms with Crippen LogP contribution in [0.4, 0.5) is 0 Å². The molecule has 0 radical (unpaired) electrons. The number of likely N-dealkylation sites (tertiary alicyclic amines) is 2. The predicted octanol–water partition coefficient (Wildman–Crippen LogP) is 2.01. The van der Waals surface area contributed by atoms with Crippen LogP contribution in [-0.4, -0.2) is 73.1 Å². The normalized spacial score (nSPS) is 23.7. The minimum Gasteiger partial charge on any atom is -0.329 e. The molecule has 134 valence electrons. The quantitative estimate of drug-likeness (QED) is 0.896. The zero-order valence-corrected chi connectivity index (χ0v) is 15.5. The average Bonchev–Trinajstić information content (AvgIpc) is 2.63. The molecule has 3 rings (SSSR count). The van der Waals surface area contributed by atoms with Crippen LogP contribution in [0.5, 0.6) is 0 Å². The fourth-order valence-electron chi connectivity index (χ4n) is 4.44. The standard InChI is InChI=1S/C20H34N4/c1-22-12-8-19(9-13-22)23(2)20(17-21)10-14-24(15-11-20)16-18-6-4-3-5-7-18/h3-7,19H,8-17,21H2,1-2H3. The highest BCUT2D eigenvalue weighted by molar-refractivity contribution is 5.14. The molecule has 4 nitrogen and oxygen atoms in total. The number of nitrogens with zero attached hydrogens (tertiary/aromatic N) is 3. The van der Waals surface area contributed by atoms with Crippen molar-refractivity contribution in [1.82, 2.24) is 14.7 Å². The summed E-state index contributed by atoms with van der Waals surface area (Å²) in [5.74, 6) is 0. The van der Waals surface area contributed by atoms with E-state index in [-0.39, 0.29) is 5.54 Å². The van der Waals surface area contributed by atoms with Crippen LogP contribution >= 0.6 is 0 Å². The van der Waals surface area contributed by atoms with Crippen LogP contribution in [0, 0.1) is 0 Å². The number of piperidine rings is 2. The van der Waals surface area contributed by atoms with Gasteiger partial charge >= 0.3 is 0 Å². The minimum absolute atomic E-state index is 0.202. The summed E-state index contributed by atoms with van der Waals surface area (Å²) in [6.07, 6.45) is 4.95. The Balaban J connectivity index is 1.57. The van der Waals surface area contributed by atoms with Gasteiger partial charge in [0.05, 0.1) is 0 Å². The van der Waals surface area contributed by atoms with Crippen molar-refractivity contribution in [2.75, 3.05) is 46.8 Å². The highest BCUT2D eigenvalue weighted by Gasteiger charge is 2.40. The van der Waals surface area contributed by atoms with Crippen molar-refractivity contribution in [2.45, 2.75) is 43.8 Å². The number of rotatable bonds is 5. The number of nitrogens with two attached hydrogens (primary N) is 1. The molecule has 2 aliphatic heterocycles. The number of likely N-dealkylation sites (N-methyl/N-ethyl adjacent to an activating group) is 1. The molecule has 0 bridgehead atoms. The summed E-state index contributed by atoms with van der Waals surface area (Å²) >= 11 is 0. The van der Waals surface area contributed by atoms with Crippen molar-refractivity contribution in [3.63, 3.8) is 0 Å². The smallest absolute Gasteiger partial charge is 0.0355 e. The molecule has 0 atom stereocenters. The molecule has 0 aliphatic carbocycles. The van der Waals surface area contributed by atoms with Crippen molar-refractivity contribution in [2.24, 2.45) is 5.73 Å². The topological polar surface area (TPSA) is 35.7 Å². The van der Waals surface area contributed by atoms with Gasteiger partial charge in [0.25, 0.3) is 0 Å². The molecule has 2 N–H and O–H groups in total. The molecule has 2 heterocycles.